The number of hydrogen-bond donors (Lipinski definition) is 2. The van der Waals surface area contributed by atoms with Crippen LogP contribution in [0.5, 0.6) is 11.5 Å². The fraction of sp³-hybridized carbons (Fsp3) is 0.650. The van der Waals surface area contributed by atoms with E-state index < -0.39 is 6.61 Å². The van der Waals surface area contributed by atoms with Gasteiger partial charge in [-0.25, -0.2) is 0 Å². The van der Waals surface area contributed by atoms with E-state index >= 15 is 0 Å². The summed E-state index contributed by atoms with van der Waals surface area (Å²) >= 11 is 0. The number of rotatable bonds is 9. The first kappa shape index (κ1) is 25.7. The van der Waals surface area contributed by atoms with Crippen LogP contribution in [-0.4, -0.2) is 57.8 Å². The van der Waals surface area contributed by atoms with Crippen LogP contribution in [0.1, 0.15) is 31.7 Å². The smallest absolute Gasteiger partial charge is 0.387 e. The predicted molar refractivity (Wildman–Crippen MR) is 123 cm³/mol. The van der Waals surface area contributed by atoms with Gasteiger partial charge in [0.15, 0.2) is 5.96 Å². The number of piperidine rings is 1. The van der Waals surface area contributed by atoms with Gasteiger partial charge in [-0.3, -0.25) is 4.99 Å². The van der Waals surface area contributed by atoms with E-state index in [2.05, 4.69) is 32.2 Å². The summed E-state index contributed by atoms with van der Waals surface area (Å²) in [5.74, 6) is 1.80. The van der Waals surface area contributed by atoms with Crippen LogP contribution in [0.15, 0.2) is 23.2 Å². The molecule has 0 radical (unpaired) electrons. The first-order valence-electron chi connectivity index (χ1n) is 9.80. The molecule has 1 saturated heterocycles. The molecule has 9 heteroatoms. The molecule has 1 aliphatic rings. The Bertz CT molecular complexity index is 628. The van der Waals surface area contributed by atoms with E-state index in [-0.39, 0.29) is 29.7 Å². The van der Waals surface area contributed by atoms with Crippen LogP contribution in [0.25, 0.3) is 0 Å². The predicted octanol–water partition coefficient (Wildman–Crippen LogP) is 3.70. The molecule has 166 valence electrons. The van der Waals surface area contributed by atoms with Gasteiger partial charge in [0.1, 0.15) is 11.5 Å². The third kappa shape index (κ3) is 9.33. The number of guanidine groups is 1. The Labute approximate surface area is 189 Å². The number of methoxy groups -OCH3 is 1. The molecule has 1 aromatic carbocycles. The van der Waals surface area contributed by atoms with Gasteiger partial charge in [0.05, 0.1) is 7.11 Å². The molecule has 1 unspecified atom stereocenters. The van der Waals surface area contributed by atoms with Crippen molar-refractivity contribution in [3.8, 4) is 11.5 Å². The molecule has 0 spiro atoms. The lowest BCUT2D eigenvalue weighted by Gasteiger charge is -2.29. The van der Waals surface area contributed by atoms with Crippen LogP contribution >= 0.6 is 24.0 Å². The van der Waals surface area contributed by atoms with E-state index in [1.165, 1.54) is 45.5 Å². The molecular weight excluding hydrogens is 493 g/mol. The Kier molecular flexibility index (Phi) is 12.2. The molecule has 0 aromatic heterocycles. The Morgan fingerprint density at radius 1 is 1.21 bits per heavy atom. The third-order valence-corrected chi connectivity index (χ3v) is 4.79. The van der Waals surface area contributed by atoms with Crippen molar-refractivity contribution in [2.45, 2.75) is 39.3 Å². The van der Waals surface area contributed by atoms with Gasteiger partial charge in [0, 0.05) is 32.2 Å². The molecule has 1 heterocycles. The van der Waals surface area contributed by atoms with Crippen molar-refractivity contribution in [1.29, 1.82) is 0 Å². The first-order chi connectivity index (χ1) is 13.5. The normalized spacial score (nSPS) is 16.1. The summed E-state index contributed by atoms with van der Waals surface area (Å²) in [5.41, 5.74) is 0.573. The zero-order chi connectivity index (χ0) is 20.4. The van der Waals surface area contributed by atoms with Crippen LogP contribution in [-0.2, 0) is 6.54 Å². The summed E-state index contributed by atoms with van der Waals surface area (Å²) in [4.78, 5) is 6.73. The molecule has 6 nitrogen and oxygen atoms in total. The van der Waals surface area contributed by atoms with Gasteiger partial charge < -0.3 is 25.0 Å². The Hall–Kier alpha value is -1.36. The average Bonchev–Trinajstić information content (AvgIpc) is 2.69. The highest BCUT2D eigenvalue weighted by Gasteiger charge is 2.14. The fourth-order valence-corrected chi connectivity index (χ4v) is 3.35. The summed E-state index contributed by atoms with van der Waals surface area (Å²) in [6.07, 6.45) is 3.90. The minimum atomic E-state index is -2.87. The molecule has 0 bridgehead atoms. The lowest BCUT2D eigenvalue weighted by molar-refractivity contribution is -0.0504. The number of hydrogen-bond acceptors (Lipinski definition) is 4. The van der Waals surface area contributed by atoms with Crippen molar-refractivity contribution in [2.75, 3.05) is 40.3 Å². The van der Waals surface area contributed by atoms with Crippen molar-refractivity contribution in [2.24, 2.45) is 10.9 Å². The number of halogens is 3. The van der Waals surface area contributed by atoms with Crippen LogP contribution in [0.3, 0.4) is 0 Å². The second kappa shape index (κ2) is 13.8. The zero-order valence-corrected chi connectivity index (χ0v) is 19.7. The molecular formula is C20H33F2IN4O2. The summed E-state index contributed by atoms with van der Waals surface area (Å²) in [5, 5.41) is 6.46. The molecule has 0 amide bonds. The van der Waals surface area contributed by atoms with Gasteiger partial charge in [-0.15, -0.1) is 24.0 Å². The number of aliphatic imine (C=N–C) groups is 1. The first-order valence-corrected chi connectivity index (χ1v) is 9.80. The van der Waals surface area contributed by atoms with Crippen molar-refractivity contribution < 1.29 is 18.3 Å². The Morgan fingerprint density at radius 2 is 1.93 bits per heavy atom. The largest absolute Gasteiger partial charge is 0.497 e. The van der Waals surface area contributed by atoms with Crippen molar-refractivity contribution in [1.82, 2.24) is 15.5 Å². The minimum absolute atomic E-state index is 0. The van der Waals surface area contributed by atoms with E-state index in [1.54, 1.807) is 19.2 Å². The summed E-state index contributed by atoms with van der Waals surface area (Å²) < 4.78 is 35.0. The lowest BCUT2D eigenvalue weighted by Crippen LogP contribution is -2.42. The van der Waals surface area contributed by atoms with E-state index in [9.17, 15) is 8.78 Å². The number of likely N-dealkylation sites (tertiary alicyclic amines) is 1. The maximum absolute atomic E-state index is 12.6. The molecule has 1 fully saturated rings. The topological polar surface area (TPSA) is 58.1 Å². The summed E-state index contributed by atoms with van der Waals surface area (Å²) in [6, 6.07) is 4.76. The van der Waals surface area contributed by atoms with E-state index in [0.717, 1.165) is 13.1 Å². The number of nitrogens with zero attached hydrogens (tertiary/aromatic N) is 2. The van der Waals surface area contributed by atoms with E-state index in [0.29, 0.717) is 29.7 Å². The second-order valence-electron chi connectivity index (χ2n) is 7.13. The van der Waals surface area contributed by atoms with Crippen molar-refractivity contribution in [3.63, 3.8) is 0 Å². The third-order valence-electron chi connectivity index (χ3n) is 4.79. The van der Waals surface area contributed by atoms with Gasteiger partial charge in [0.2, 0.25) is 0 Å². The van der Waals surface area contributed by atoms with Crippen LogP contribution < -0.4 is 20.1 Å². The standard InChI is InChI=1S/C20H32F2N4O2.HI/c1-15(14-26-9-5-4-6-10-26)12-24-20(23-2)25-13-16-11-17(27-3)7-8-18(16)28-19(21)22;/h7-8,11,15,19H,4-6,9-10,12-14H2,1-3H3,(H2,23,24,25);1H. The van der Waals surface area contributed by atoms with Crippen LogP contribution in [0, 0.1) is 5.92 Å². The molecule has 1 aromatic rings. The highest BCUT2D eigenvalue weighted by molar-refractivity contribution is 14.0. The maximum Gasteiger partial charge on any atom is 0.387 e. The second-order valence-corrected chi connectivity index (χ2v) is 7.13. The van der Waals surface area contributed by atoms with E-state index in [4.69, 9.17) is 4.74 Å². The quantitative estimate of drug-likeness (QED) is 0.292. The van der Waals surface area contributed by atoms with E-state index in [1.807, 2.05) is 0 Å². The average molecular weight is 526 g/mol. The van der Waals surface area contributed by atoms with Crippen molar-refractivity contribution in [3.05, 3.63) is 23.8 Å². The summed E-state index contributed by atoms with van der Waals surface area (Å²) in [6.45, 7) is 3.84. The highest BCUT2D eigenvalue weighted by Crippen LogP contribution is 2.25. The number of nitrogens with one attached hydrogen (secondary N) is 2. The van der Waals surface area contributed by atoms with Crippen molar-refractivity contribution >= 4 is 29.9 Å². The van der Waals surface area contributed by atoms with Gasteiger partial charge in [-0.1, -0.05) is 13.3 Å². The Balaban J connectivity index is 0.00000420. The Morgan fingerprint density at radius 3 is 2.55 bits per heavy atom. The molecule has 1 atom stereocenters. The lowest BCUT2D eigenvalue weighted by atomic mass is 10.1. The molecule has 1 aliphatic heterocycles. The molecule has 2 N–H and O–H groups in total. The number of ether oxygens (including phenoxy) is 2. The van der Waals surface area contributed by atoms with Gasteiger partial charge in [-0.2, -0.15) is 8.78 Å². The maximum atomic E-state index is 12.6. The molecule has 0 saturated carbocycles. The molecule has 2 rings (SSSR count). The number of benzene rings is 1. The minimum Gasteiger partial charge on any atom is -0.497 e. The zero-order valence-electron chi connectivity index (χ0n) is 17.4. The van der Waals surface area contributed by atoms with Gasteiger partial charge in [0.25, 0.3) is 0 Å². The van der Waals surface area contributed by atoms with Crippen LogP contribution in [0.2, 0.25) is 0 Å². The van der Waals surface area contributed by atoms with Gasteiger partial charge >= 0.3 is 6.61 Å². The van der Waals surface area contributed by atoms with Crippen LogP contribution in [0.4, 0.5) is 8.78 Å². The molecule has 0 aliphatic carbocycles. The SMILES string of the molecule is CN=C(NCc1cc(OC)ccc1OC(F)F)NCC(C)CN1CCCCC1.I. The summed E-state index contributed by atoms with van der Waals surface area (Å²) in [7, 11) is 3.22. The van der Waals surface area contributed by atoms with Gasteiger partial charge in [-0.05, 0) is 50.0 Å². The highest BCUT2D eigenvalue weighted by atomic mass is 127. The fourth-order valence-electron chi connectivity index (χ4n) is 3.35. The number of alkyl halides is 2. The monoisotopic (exact) mass is 526 g/mol. The molecule has 29 heavy (non-hydrogen) atoms.